The Labute approximate surface area is 122 Å². The highest BCUT2D eigenvalue weighted by Crippen LogP contribution is 2.28. The molecule has 7 heteroatoms. The molecule has 0 aliphatic carbocycles. The number of aliphatic hydroxyl groups excluding tert-OH is 1. The van der Waals surface area contributed by atoms with E-state index in [0.717, 1.165) is 5.56 Å². The Morgan fingerprint density at radius 1 is 1.33 bits per heavy atom. The second-order valence-corrected chi connectivity index (χ2v) is 4.41. The van der Waals surface area contributed by atoms with E-state index in [9.17, 15) is 0 Å². The quantitative estimate of drug-likeness (QED) is 0.703. The Balaban J connectivity index is 1.98. The summed E-state index contributed by atoms with van der Waals surface area (Å²) in [4.78, 5) is 4.07. The van der Waals surface area contributed by atoms with E-state index in [1.807, 2.05) is 18.2 Å². The molecule has 0 fully saturated rings. The van der Waals surface area contributed by atoms with Crippen LogP contribution in [0.2, 0.25) is 0 Å². The third-order valence-corrected chi connectivity index (χ3v) is 2.77. The Kier molecular flexibility index (Phi) is 5.53. The fourth-order valence-electron chi connectivity index (χ4n) is 1.79. The van der Waals surface area contributed by atoms with Crippen LogP contribution in [0.3, 0.4) is 0 Å². The zero-order chi connectivity index (χ0) is 15.1. The van der Waals surface area contributed by atoms with Gasteiger partial charge in [-0.15, -0.1) is 0 Å². The van der Waals surface area contributed by atoms with Crippen molar-refractivity contribution in [2.75, 3.05) is 20.3 Å². The number of hydrogen-bond acceptors (Lipinski definition) is 7. The molecule has 0 aliphatic heterocycles. The molecule has 2 aromatic rings. The van der Waals surface area contributed by atoms with Gasteiger partial charge in [0.25, 0.3) is 5.89 Å². The van der Waals surface area contributed by atoms with Crippen LogP contribution in [0.4, 0.5) is 0 Å². The number of rotatable bonds is 8. The van der Waals surface area contributed by atoms with Crippen LogP contribution in [0.5, 0.6) is 11.5 Å². The highest BCUT2D eigenvalue weighted by molar-refractivity contribution is 5.42. The molecule has 2 N–H and O–H groups in total. The van der Waals surface area contributed by atoms with Crippen molar-refractivity contribution in [2.45, 2.75) is 20.1 Å². The third kappa shape index (κ3) is 4.44. The number of hydrogen-bond donors (Lipinski definition) is 2. The summed E-state index contributed by atoms with van der Waals surface area (Å²) in [6, 6.07) is 5.65. The Morgan fingerprint density at radius 2 is 2.19 bits per heavy atom. The van der Waals surface area contributed by atoms with Crippen molar-refractivity contribution >= 4 is 0 Å². The Bertz CT molecular complexity index is 571. The van der Waals surface area contributed by atoms with Gasteiger partial charge in [0.2, 0.25) is 0 Å². The fraction of sp³-hybridized carbons (Fsp3) is 0.429. The molecule has 0 radical (unpaired) electrons. The first-order valence-corrected chi connectivity index (χ1v) is 6.63. The largest absolute Gasteiger partial charge is 0.493 e. The van der Waals surface area contributed by atoms with Gasteiger partial charge in [0.15, 0.2) is 23.9 Å². The molecule has 0 spiro atoms. The monoisotopic (exact) mass is 293 g/mol. The van der Waals surface area contributed by atoms with Crippen molar-refractivity contribution in [3.05, 3.63) is 35.5 Å². The van der Waals surface area contributed by atoms with Crippen LogP contribution < -0.4 is 14.8 Å². The topological polar surface area (TPSA) is 89.6 Å². The number of aliphatic hydroxyl groups is 1. The van der Waals surface area contributed by atoms with Crippen molar-refractivity contribution in [3.8, 4) is 11.5 Å². The van der Waals surface area contributed by atoms with E-state index >= 15 is 0 Å². The zero-order valence-corrected chi connectivity index (χ0v) is 12.1. The van der Waals surface area contributed by atoms with Gasteiger partial charge >= 0.3 is 0 Å². The standard InChI is InChI=1S/C14H19N3O4/c1-10-16-14(21-17-10)9-20-12-4-3-11(7-13(12)19-2)8-15-5-6-18/h3-4,7,15,18H,5-6,8-9H2,1-2H3. The van der Waals surface area contributed by atoms with E-state index in [4.69, 9.17) is 19.1 Å². The first-order chi connectivity index (χ1) is 10.2. The second-order valence-electron chi connectivity index (χ2n) is 4.41. The lowest BCUT2D eigenvalue weighted by Crippen LogP contribution is -2.17. The van der Waals surface area contributed by atoms with Gasteiger partial charge < -0.3 is 24.4 Å². The van der Waals surface area contributed by atoms with Crippen LogP contribution in [0.15, 0.2) is 22.7 Å². The normalized spacial score (nSPS) is 10.6. The maximum absolute atomic E-state index is 8.74. The Hall–Kier alpha value is -2.12. The molecule has 0 saturated carbocycles. The van der Waals surface area contributed by atoms with Gasteiger partial charge in [-0.05, 0) is 24.6 Å². The summed E-state index contributed by atoms with van der Waals surface area (Å²) in [5.41, 5.74) is 1.04. The smallest absolute Gasteiger partial charge is 0.264 e. The summed E-state index contributed by atoms with van der Waals surface area (Å²) in [6.07, 6.45) is 0. The minimum atomic E-state index is 0.113. The number of nitrogens with zero attached hydrogens (tertiary/aromatic N) is 2. The van der Waals surface area contributed by atoms with Gasteiger partial charge in [-0.2, -0.15) is 4.98 Å². The van der Waals surface area contributed by atoms with Gasteiger partial charge in [-0.25, -0.2) is 0 Å². The molecule has 0 atom stereocenters. The number of aromatic nitrogens is 2. The number of methoxy groups -OCH3 is 1. The van der Waals surface area contributed by atoms with Crippen molar-refractivity contribution in [1.82, 2.24) is 15.5 Å². The summed E-state index contributed by atoms with van der Waals surface area (Å²) < 4.78 is 15.9. The molecule has 1 aromatic carbocycles. The summed E-state index contributed by atoms with van der Waals surface area (Å²) >= 11 is 0. The minimum absolute atomic E-state index is 0.113. The number of benzene rings is 1. The summed E-state index contributed by atoms with van der Waals surface area (Å²) in [5.74, 6) is 2.24. The average Bonchev–Trinajstić information content (AvgIpc) is 2.91. The van der Waals surface area contributed by atoms with Crippen LogP contribution in [-0.2, 0) is 13.2 Å². The van der Waals surface area contributed by atoms with Crippen LogP contribution in [0.25, 0.3) is 0 Å². The lowest BCUT2D eigenvalue weighted by molar-refractivity contribution is 0.233. The molecular formula is C14H19N3O4. The third-order valence-electron chi connectivity index (χ3n) is 2.77. The maximum Gasteiger partial charge on any atom is 0.264 e. The zero-order valence-electron chi connectivity index (χ0n) is 12.1. The molecule has 0 bridgehead atoms. The van der Waals surface area contributed by atoms with Gasteiger partial charge in [-0.1, -0.05) is 11.2 Å². The number of aryl methyl sites for hydroxylation is 1. The van der Waals surface area contributed by atoms with E-state index in [-0.39, 0.29) is 13.2 Å². The molecule has 1 aromatic heterocycles. The summed E-state index contributed by atoms with van der Waals surface area (Å²) in [6.45, 7) is 3.26. The predicted molar refractivity (Wildman–Crippen MR) is 75.2 cm³/mol. The highest BCUT2D eigenvalue weighted by atomic mass is 16.5. The van der Waals surface area contributed by atoms with Crippen molar-refractivity contribution in [2.24, 2.45) is 0 Å². The first kappa shape index (κ1) is 15.3. The number of ether oxygens (including phenoxy) is 2. The van der Waals surface area contributed by atoms with Crippen LogP contribution >= 0.6 is 0 Å². The fourth-order valence-corrected chi connectivity index (χ4v) is 1.79. The molecular weight excluding hydrogens is 274 g/mol. The van der Waals surface area contributed by atoms with Gasteiger partial charge in [0.1, 0.15) is 0 Å². The molecule has 114 valence electrons. The first-order valence-electron chi connectivity index (χ1n) is 6.63. The summed E-state index contributed by atoms with van der Waals surface area (Å²) in [7, 11) is 1.59. The molecule has 0 saturated heterocycles. The highest BCUT2D eigenvalue weighted by Gasteiger charge is 2.09. The van der Waals surface area contributed by atoms with Crippen molar-refractivity contribution < 1.29 is 19.1 Å². The van der Waals surface area contributed by atoms with Crippen molar-refractivity contribution in [1.29, 1.82) is 0 Å². The number of nitrogens with one attached hydrogen (secondary N) is 1. The van der Waals surface area contributed by atoms with E-state index in [2.05, 4.69) is 15.5 Å². The lowest BCUT2D eigenvalue weighted by atomic mass is 10.2. The molecule has 1 heterocycles. The SMILES string of the molecule is COc1cc(CNCCO)ccc1OCc1nc(C)no1. The molecule has 0 aliphatic rings. The van der Waals surface area contributed by atoms with E-state index < -0.39 is 0 Å². The molecule has 7 nitrogen and oxygen atoms in total. The summed E-state index contributed by atoms with van der Waals surface area (Å²) in [5, 5.41) is 15.5. The molecule has 0 amide bonds. The average molecular weight is 293 g/mol. The Morgan fingerprint density at radius 3 is 2.86 bits per heavy atom. The van der Waals surface area contributed by atoms with Crippen LogP contribution in [0, 0.1) is 6.92 Å². The van der Waals surface area contributed by atoms with Gasteiger partial charge in [-0.3, -0.25) is 0 Å². The minimum Gasteiger partial charge on any atom is -0.493 e. The molecule has 21 heavy (non-hydrogen) atoms. The molecule has 0 unspecified atom stereocenters. The predicted octanol–water partition coefficient (Wildman–Crippen LogP) is 1.05. The molecule has 2 rings (SSSR count). The van der Waals surface area contributed by atoms with E-state index in [1.54, 1.807) is 14.0 Å². The van der Waals surface area contributed by atoms with Crippen LogP contribution in [0.1, 0.15) is 17.3 Å². The lowest BCUT2D eigenvalue weighted by Gasteiger charge is -2.11. The van der Waals surface area contributed by atoms with E-state index in [0.29, 0.717) is 36.3 Å². The maximum atomic E-state index is 8.74. The van der Waals surface area contributed by atoms with E-state index in [1.165, 1.54) is 0 Å². The second kappa shape index (κ2) is 7.61. The van der Waals surface area contributed by atoms with Gasteiger partial charge in [0, 0.05) is 13.1 Å². The van der Waals surface area contributed by atoms with Crippen molar-refractivity contribution in [3.63, 3.8) is 0 Å². The van der Waals surface area contributed by atoms with Crippen LogP contribution in [-0.4, -0.2) is 35.5 Å². The van der Waals surface area contributed by atoms with Gasteiger partial charge in [0.05, 0.1) is 13.7 Å².